The molecule has 1 aromatic rings. The van der Waals surface area contributed by atoms with E-state index in [0.717, 1.165) is 0 Å². The number of unbranched alkanes of at least 4 members (excludes halogenated alkanes) is 9. The van der Waals surface area contributed by atoms with Crippen molar-refractivity contribution in [2.24, 2.45) is 0 Å². The van der Waals surface area contributed by atoms with Crippen LogP contribution >= 0.6 is 5.69 Å². The van der Waals surface area contributed by atoms with Crippen LogP contribution in [0.4, 0.5) is 0 Å². The van der Waals surface area contributed by atoms with Crippen LogP contribution in [0.25, 0.3) is 0 Å². The van der Waals surface area contributed by atoms with Gasteiger partial charge in [0, 0.05) is 0 Å². The molecule has 0 saturated heterocycles. The number of aryl methyl sites for hydroxylation is 1. The molecule has 0 unspecified atom stereocenters. The van der Waals surface area contributed by atoms with E-state index in [-0.39, 0.29) is 21.1 Å². The number of hydrogen-bond acceptors (Lipinski definition) is 4. The third kappa shape index (κ3) is 25.1. The summed E-state index contributed by atoms with van der Waals surface area (Å²) < 4.78 is 0. The minimum atomic E-state index is -3.72. The van der Waals surface area contributed by atoms with Crippen molar-refractivity contribution in [1.29, 1.82) is 0 Å². The quantitative estimate of drug-likeness (QED) is 0.159. The Kier molecular flexibility index (Phi) is 21.0. The topological polar surface area (TPSA) is 46.1 Å². The Hall–Kier alpha value is 0.828. The van der Waals surface area contributed by atoms with Gasteiger partial charge in [-0.05, 0) is 0 Å². The van der Waals surface area contributed by atoms with Crippen molar-refractivity contribution in [3.63, 3.8) is 0 Å². The zero-order chi connectivity index (χ0) is 17.4. The molecule has 0 heterocycles. The van der Waals surface area contributed by atoms with Crippen LogP contribution in [0, 0.1) is 6.07 Å². The van der Waals surface area contributed by atoms with Crippen molar-refractivity contribution in [3.8, 4) is 0 Å². The fourth-order valence-electron chi connectivity index (χ4n) is 2.39. The molecule has 0 amide bonds. The second kappa shape index (κ2) is 18.6. The SMILES string of the molecule is CCCCCCCCCCCCc1[c-]cccc1.[Mo+4].[O-]P([O-])(=S)[S-]. The van der Waals surface area contributed by atoms with Gasteiger partial charge in [-0.1, -0.05) is 77.6 Å². The molecule has 0 bridgehead atoms. The van der Waals surface area contributed by atoms with Gasteiger partial charge in [-0.2, -0.15) is 47.7 Å². The number of rotatable bonds is 11. The maximum absolute atomic E-state index is 9.29. The fourth-order valence-corrected chi connectivity index (χ4v) is 2.39. The Morgan fingerprint density at radius 3 is 1.83 bits per heavy atom. The maximum atomic E-state index is 9.29. The van der Waals surface area contributed by atoms with E-state index in [1.807, 2.05) is 12.1 Å². The first-order valence-electron chi connectivity index (χ1n) is 8.62. The number of hydrogen-bond donors (Lipinski definition) is 0. The molecular formula is C18H29MoO2PS2. The van der Waals surface area contributed by atoms with Crippen molar-refractivity contribution in [3.05, 3.63) is 35.9 Å². The van der Waals surface area contributed by atoms with Gasteiger partial charge in [0.1, 0.15) is 0 Å². The van der Waals surface area contributed by atoms with Crippen molar-refractivity contribution in [1.82, 2.24) is 0 Å². The second-order valence-corrected chi connectivity index (χ2v) is 10.2. The molecule has 0 aromatic heterocycles. The Bertz CT molecular complexity index is 404. The minimum Gasteiger partial charge on any atom is -0.850 e. The molecule has 0 N–H and O–H groups in total. The fraction of sp³-hybridized carbons (Fsp3) is 0.667. The first-order valence-corrected chi connectivity index (χ1v) is 12.3. The third-order valence-corrected chi connectivity index (χ3v) is 3.57. The molecule has 0 spiro atoms. The summed E-state index contributed by atoms with van der Waals surface area (Å²) in [5, 5.41) is 0. The van der Waals surface area contributed by atoms with Gasteiger partial charge >= 0.3 is 21.1 Å². The Labute approximate surface area is 173 Å². The van der Waals surface area contributed by atoms with E-state index in [1.165, 1.54) is 76.2 Å². The van der Waals surface area contributed by atoms with E-state index in [1.54, 1.807) is 0 Å². The molecular weight excluding hydrogens is 439 g/mol. The molecule has 0 radical (unpaired) electrons. The average molecular weight is 468 g/mol. The molecule has 0 saturated carbocycles. The van der Waals surface area contributed by atoms with Gasteiger partial charge in [-0.15, -0.1) is 0 Å². The van der Waals surface area contributed by atoms with E-state index in [9.17, 15) is 9.79 Å². The molecule has 1 rings (SSSR count). The van der Waals surface area contributed by atoms with Crippen LogP contribution in [0.15, 0.2) is 24.3 Å². The molecule has 0 aliphatic rings. The van der Waals surface area contributed by atoms with Gasteiger partial charge in [0.15, 0.2) is 0 Å². The summed E-state index contributed by atoms with van der Waals surface area (Å²) in [4.78, 5) is 18.6. The van der Waals surface area contributed by atoms with Gasteiger partial charge in [-0.3, -0.25) is 0 Å². The van der Waals surface area contributed by atoms with Crippen LogP contribution in [-0.4, -0.2) is 0 Å². The summed E-state index contributed by atoms with van der Waals surface area (Å²) in [5.41, 5.74) is -2.35. The van der Waals surface area contributed by atoms with Crippen LogP contribution in [0.5, 0.6) is 0 Å². The summed E-state index contributed by atoms with van der Waals surface area (Å²) in [7, 11) is 0. The minimum absolute atomic E-state index is 0. The van der Waals surface area contributed by atoms with Crippen LogP contribution < -0.4 is 9.79 Å². The van der Waals surface area contributed by atoms with E-state index >= 15 is 0 Å². The van der Waals surface area contributed by atoms with Gasteiger partial charge < -0.3 is 27.7 Å². The normalized spacial score (nSPS) is 10.5. The predicted molar refractivity (Wildman–Crippen MR) is 102 cm³/mol. The molecule has 0 fully saturated rings. The van der Waals surface area contributed by atoms with E-state index in [2.05, 4.69) is 49.2 Å². The largest absolute Gasteiger partial charge is 4.00 e. The zero-order valence-corrected chi connectivity index (χ0v) is 19.1. The monoisotopic (exact) mass is 470 g/mol. The van der Waals surface area contributed by atoms with Gasteiger partial charge in [-0.25, -0.2) is 0 Å². The second-order valence-electron chi connectivity index (χ2n) is 5.77. The smallest absolute Gasteiger partial charge is 0.850 e. The molecule has 0 aliphatic carbocycles. The van der Waals surface area contributed by atoms with E-state index in [4.69, 9.17) is 0 Å². The van der Waals surface area contributed by atoms with E-state index in [0.29, 0.717) is 0 Å². The number of benzene rings is 1. The first kappa shape index (κ1) is 27.1. The van der Waals surface area contributed by atoms with Gasteiger partial charge in [0.05, 0.1) is 0 Å². The summed E-state index contributed by atoms with van der Waals surface area (Å²) in [5.74, 6) is 0. The van der Waals surface area contributed by atoms with Crippen LogP contribution in [-0.2, 0) is 51.5 Å². The van der Waals surface area contributed by atoms with Crippen LogP contribution in [0.2, 0.25) is 0 Å². The zero-order valence-electron chi connectivity index (χ0n) is 14.6. The standard InChI is InChI=1S/C18H29.Mo.H3O2PS2/c1-2-3-4-5-6-7-8-9-10-12-15-18-16-13-11-14-17-18;;1-3(2,4)5/h11,13-14,16H,2-10,12,15H2,1H3;;(H3,1,2,4,5)/q-1;+4;/p-3. The van der Waals surface area contributed by atoms with Crippen molar-refractivity contribution >= 4 is 29.7 Å². The van der Waals surface area contributed by atoms with Crippen molar-refractivity contribution in [2.45, 2.75) is 77.6 Å². The molecule has 2 nitrogen and oxygen atoms in total. The summed E-state index contributed by atoms with van der Waals surface area (Å²) in [6, 6.07) is 11.7. The molecule has 136 valence electrons. The molecule has 0 atom stereocenters. The Morgan fingerprint density at radius 2 is 1.42 bits per heavy atom. The van der Waals surface area contributed by atoms with Crippen LogP contribution in [0.3, 0.4) is 0 Å². The average Bonchev–Trinajstić information content (AvgIpc) is 2.48. The summed E-state index contributed by atoms with van der Waals surface area (Å²) in [6.07, 6.45) is 15.3. The predicted octanol–water partition coefficient (Wildman–Crippen LogP) is 4.43. The van der Waals surface area contributed by atoms with Gasteiger partial charge in [0.25, 0.3) is 0 Å². The Balaban J connectivity index is 0. The molecule has 1 aromatic carbocycles. The van der Waals surface area contributed by atoms with Gasteiger partial charge in [0.2, 0.25) is 0 Å². The van der Waals surface area contributed by atoms with E-state index < -0.39 is 5.69 Å². The third-order valence-electron chi connectivity index (χ3n) is 3.57. The molecule has 6 heteroatoms. The van der Waals surface area contributed by atoms with Crippen molar-refractivity contribution < 1.29 is 30.9 Å². The Morgan fingerprint density at radius 1 is 0.958 bits per heavy atom. The molecule has 24 heavy (non-hydrogen) atoms. The molecule has 0 aliphatic heterocycles. The summed E-state index contributed by atoms with van der Waals surface area (Å²) >= 11 is 7.28. The summed E-state index contributed by atoms with van der Waals surface area (Å²) in [6.45, 7) is 2.28. The van der Waals surface area contributed by atoms with Crippen molar-refractivity contribution in [2.75, 3.05) is 0 Å². The van der Waals surface area contributed by atoms with Crippen LogP contribution in [0.1, 0.15) is 76.7 Å². The maximum Gasteiger partial charge on any atom is 4.00 e. The first-order chi connectivity index (χ1) is 10.9.